The highest BCUT2D eigenvalue weighted by Crippen LogP contribution is 2.28. The van der Waals surface area contributed by atoms with Gasteiger partial charge in [-0.05, 0) is 58.0 Å². The lowest BCUT2D eigenvalue weighted by atomic mass is 10.0. The Morgan fingerprint density at radius 3 is 2.68 bits per heavy atom. The number of nitrogens with zero attached hydrogens (tertiary/aromatic N) is 2. The fourth-order valence-electron chi connectivity index (χ4n) is 2.95. The molecule has 1 heterocycles. The Kier molecular flexibility index (Phi) is 4.48. The third-order valence-corrected chi connectivity index (χ3v) is 4.33. The topological polar surface area (TPSA) is 32.5 Å². The second-order valence-electron chi connectivity index (χ2n) is 5.96. The van der Waals surface area contributed by atoms with E-state index in [1.54, 1.807) is 0 Å². The molecule has 0 bridgehead atoms. The number of rotatable bonds is 3. The van der Waals surface area contributed by atoms with E-state index in [4.69, 9.17) is 5.73 Å². The highest BCUT2D eigenvalue weighted by Gasteiger charge is 2.29. The van der Waals surface area contributed by atoms with Crippen LogP contribution in [0, 0.1) is 13.8 Å². The molecule has 1 aromatic carbocycles. The van der Waals surface area contributed by atoms with Gasteiger partial charge in [-0.3, -0.25) is 4.90 Å². The summed E-state index contributed by atoms with van der Waals surface area (Å²) in [4.78, 5) is 5.02. The van der Waals surface area contributed by atoms with E-state index in [1.165, 1.54) is 16.8 Å². The van der Waals surface area contributed by atoms with Crippen LogP contribution < -0.4 is 10.6 Å². The van der Waals surface area contributed by atoms with Crippen molar-refractivity contribution in [2.75, 3.05) is 31.6 Å². The zero-order chi connectivity index (χ0) is 14.0. The van der Waals surface area contributed by atoms with Crippen molar-refractivity contribution in [3.05, 3.63) is 29.3 Å². The molecule has 2 atom stereocenters. The number of hydrogen-bond acceptors (Lipinski definition) is 3. The van der Waals surface area contributed by atoms with Crippen LogP contribution in [0.25, 0.3) is 0 Å². The van der Waals surface area contributed by atoms with Crippen LogP contribution in [0.1, 0.15) is 24.5 Å². The molecule has 3 heteroatoms. The van der Waals surface area contributed by atoms with Gasteiger partial charge in [0.15, 0.2) is 0 Å². The number of hydrogen-bond donors (Lipinski definition) is 1. The first kappa shape index (κ1) is 14.4. The summed E-state index contributed by atoms with van der Waals surface area (Å²) in [5.74, 6) is 0. The highest BCUT2D eigenvalue weighted by atomic mass is 15.3. The standard InChI is InChI=1S/C16H27N3/c1-12-5-6-13(2)16(9-12)19-10-14(3)18(4)11-15(19)7-8-17/h5-6,9,14-15H,7-8,10-11,17H2,1-4H3. The van der Waals surface area contributed by atoms with E-state index in [9.17, 15) is 0 Å². The monoisotopic (exact) mass is 261 g/mol. The molecule has 1 fully saturated rings. The highest BCUT2D eigenvalue weighted by molar-refractivity contribution is 5.56. The van der Waals surface area contributed by atoms with E-state index < -0.39 is 0 Å². The predicted molar refractivity (Wildman–Crippen MR) is 82.8 cm³/mol. The number of likely N-dealkylation sites (N-methyl/N-ethyl adjacent to an activating group) is 1. The van der Waals surface area contributed by atoms with E-state index >= 15 is 0 Å². The molecule has 0 spiro atoms. The first-order chi connectivity index (χ1) is 9.02. The summed E-state index contributed by atoms with van der Waals surface area (Å²) in [6, 6.07) is 7.86. The number of anilines is 1. The van der Waals surface area contributed by atoms with Gasteiger partial charge in [0.05, 0.1) is 0 Å². The van der Waals surface area contributed by atoms with Crippen molar-refractivity contribution in [2.45, 2.75) is 39.3 Å². The molecule has 2 rings (SSSR count). The Bertz CT molecular complexity index is 430. The largest absolute Gasteiger partial charge is 0.365 e. The van der Waals surface area contributed by atoms with Crippen LogP contribution in [0.15, 0.2) is 18.2 Å². The van der Waals surface area contributed by atoms with E-state index in [0.29, 0.717) is 12.1 Å². The Balaban J connectivity index is 2.30. The van der Waals surface area contributed by atoms with Crippen molar-refractivity contribution in [3.63, 3.8) is 0 Å². The Labute approximate surface area is 117 Å². The maximum absolute atomic E-state index is 5.80. The van der Waals surface area contributed by atoms with Gasteiger partial charge in [0.1, 0.15) is 0 Å². The van der Waals surface area contributed by atoms with Crippen LogP contribution in [-0.4, -0.2) is 43.7 Å². The van der Waals surface area contributed by atoms with Gasteiger partial charge in [-0.15, -0.1) is 0 Å². The minimum atomic E-state index is 0.534. The second-order valence-corrected chi connectivity index (χ2v) is 5.96. The van der Waals surface area contributed by atoms with Crippen molar-refractivity contribution >= 4 is 5.69 Å². The van der Waals surface area contributed by atoms with Gasteiger partial charge in [0.2, 0.25) is 0 Å². The van der Waals surface area contributed by atoms with Gasteiger partial charge in [-0.1, -0.05) is 12.1 Å². The molecule has 2 N–H and O–H groups in total. The molecule has 106 valence electrons. The van der Waals surface area contributed by atoms with Crippen LogP contribution in [0.2, 0.25) is 0 Å². The van der Waals surface area contributed by atoms with E-state index in [-0.39, 0.29) is 0 Å². The van der Waals surface area contributed by atoms with Crippen LogP contribution >= 0.6 is 0 Å². The van der Waals surface area contributed by atoms with Crippen LogP contribution in [0.3, 0.4) is 0 Å². The predicted octanol–water partition coefficient (Wildman–Crippen LogP) is 2.16. The second kappa shape index (κ2) is 5.93. The van der Waals surface area contributed by atoms with Crippen LogP contribution in [-0.2, 0) is 0 Å². The van der Waals surface area contributed by atoms with Gasteiger partial charge in [0.25, 0.3) is 0 Å². The first-order valence-electron chi connectivity index (χ1n) is 7.27. The molecule has 1 aliphatic heterocycles. The molecule has 1 aromatic rings. The lowest BCUT2D eigenvalue weighted by molar-refractivity contribution is 0.196. The minimum absolute atomic E-state index is 0.534. The third-order valence-electron chi connectivity index (χ3n) is 4.33. The molecule has 0 aromatic heterocycles. The Hall–Kier alpha value is -1.06. The van der Waals surface area contributed by atoms with Crippen LogP contribution in [0.5, 0.6) is 0 Å². The molecule has 1 aliphatic rings. The average Bonchev–Trinajstić information content (AvgIpc) is 2.37. The number of benzene rings is 1. The fraction of sp³-hybridized carbons (Fsp3) is 0.625. The fourth-order valence-corrected chi connectivity index (χ4v) is 2.95. The molecular formula is C16H27N3. The van der Waals surface area contributed by atoms with E-state index in [0.717, 1.165) is 26.1 Å². The van der Waals surface area contributed by atoms with Crippen molar-refractivity contribution in [1.29, 1.82) is 0 Å². The molecule has 19 heavy (non-hydrogen) atoms. The lowest BCUT2D eigenvalue weighted by Gasteiger charge is -2.45. The van der Waals surface area contributed by atoms with E-state index in [1.807, 2.05) is 0 Å². The van der Waals surface area contributed by atoms with Crippen molar-refractivity contribution in [2.24, 2.45) is 5.73 Å². The third kappa shape index (κ3) is 3.10. The SMILES string of the molecule is Cc1ccc(C)c(N2CC(C)N(C)CC2CCN)c1. The van der Waals surface area contributed by atoms with Gasteiger partial charge < -0.3 is 10.6 Å². The number of nitrogens with two attached hydrogens (primary N) is 1. The summed E-state index contributed by atoms with van der Waals surface area (Å²) >= 11 is 0. The summed E-state index contributed by atoms with van der Waals surface area (Å²) in [5.41, 5.74) is 9.89. The molecule has 3 nitrogen and oxygen atoms in total. The molecule has 2 unspecified atom stereocenters. The molecule has 0 radical (unpaired) electrons. The Morgan fingerprint density at radius 2 is 2.00 bits per heavy atom. The van der Waals surface area contributed by atoms with Crippen molar-refractivity contribution < 1.29 is 0 Å². The minimum Gasteiger partial charge on any atom is -0.365 e. The maximum atomic E-state index is 5.80. The summed E-state index contributed by atoms with van der Waals surface area (Å²) in [6.07, 6.45) is 1.06. The zero-order valence-corrected chi connectivity index (χ0v) is 12.7. The summed E-state index contributed by atoms with van der Waals surface area (Å²) in [7, 11) is 2.22. The summed E-state index contributed by atoms with van der Waals surface area (Å²) in [6.45, 7) is 9.62. The molecule has 0 aliphatic carbocycles. The first-order valence-corrected chi connectivity index (χ1v) is 7.27. The molecule has 0 saturated carbocycles. The van der Waals surface area contributed by atoms with Gasteiger partial charge in [-0.2, -0.15) is 0 Å². The van der Waals surface area contributed by atoms with Gasteiger partial charge in [0, 0.05) is 30.9 Å². The Morgan fingerprint density at radius 1 is 1.26 bits per heavy atom. The smallest absolute Gasteiger partial charge is 0.0429 e. The van der Waals surface area contributed by atoms with Crippen molar-refractivity contribution in [1.82, 2.24) is 4.90 Å². The quantitative estimate of drug-likeness (QED) is 0.905. The number of piperazine rings is 1. The van der Waals surface area contributed by atoms with Gasteiger partial charge in [-0.25, -0.2) is 0 Å². The molecular weight excluding hydrogens is 234 g/mol. The molecule has 0 amide bonds. The normalized spacial score (nSPS) is 24.8. The zero-order valence-electron chi connectivity index (χ0n) is 12.7. The van der Waals surface area contributed by atoms with Crippen LogP contribution in [0.4, 0.5) is 5.69 Å². The number of aryl methyl sites for hydroxylation is 2. The van der Waals surface area contributed by atoms with E-state index in [2.05, 4.69) is 55.8 Å². The van der Waals surface area contributed by atoms with Crippen molar-refractivity contribution in [3.8, 4) is 0 Å². The average molecular weight is 261 g/mol. The summed E-state index contributed by atoms with van der Waals surface area (Å²) in [5, 5.41) is 0. The lowest BCUT2D eigenvalue weighted by Crippen LogP contribution is -2.56. The maximum Gasteiger partial charge on any atom is 0.0429 e. The van der Waals surface area contributed by atoms with Gasteiger partial charge >= 0.3 is 0 Å². The summed E-state index contributed by atoms with van der Waals surface area (Å²) < 4.78 is 0. The molecule has 1 saturated heterocycles.